The second kappa shape index (κ2) is 7.35. The number of carbonyl (C=O) groups excluding carboxylic acids is 1. The molecule has 1 atom stereocenters. The Labute approximate surface area is 169 Å². The third-order valence-corrected chi connectivity index (χ3v) is 4.87. The number of aromatic nitrogens is 2. The zero-order valence-electron chi connectivity index (χ0n) is 16.6. The van der Waals surface area contributed by atoms with Gasteiger partial charge in [-0.1, -0.05) is 30.3 Å². The molecular formula is C22H22N6O. The molecule has 4 rings (SSSR count). The van der Waals surface area contributed by atoms with Crippen molar-refractivity contribution in [3.8, 4) is 11.3 Å². The second-order valence-electron chi connectivity index (χ2n) is 7.14. The fourth-order valence-corrected chi connectivity index (χ4v) is 3.37. The van der Waals surface area contributed by atoms with Gasteiger partial charge in [0, 0.05) is 25.3 Å². The number of nitrogens with two attached hydrogens (primary N) is 1. The van der Waals surface area contributed by atoms with E-state index in [2.05, 4.69) is 15.1 Å². The average Bonchev–Trinajstić information content (AvgIpc) is 3.02. The van der Waals surface area contributed by atoms with E-state index in [4.69, 9.17) is 5.73 Å². The van der Waals surface area contributed by atoms with Crippen molar-refractivity contribution in [1.82, 2.24) is 9.97 Å². The molecule has 0 fully saturated rings. The minimum Gasteiger partial charge on any atom is -0.378 e. The van der Waals surface area contributed by atoms with E-state index in [1.165, 1.54) is 5.01 Å². The van der Waals surface area contributed by atoms with Gasteiger partial charge in [-0.25, -0.2) is 9.97 Å². The Kier molecular flexibility index (Phi) is 4.72. The Morgan fingerprint density at radius 2 is 1.69 bits per heavy atom. The number of para-hydroxylation sites is 1. The van der Waals surface area contributed by atoms with Gasteiger partial charge in [-0.15, -0.1) is 0 Å². The number of hydrogen-bond acceptors (Lipinski definition) is 6. The van der Waals surface area contributed by atoms with Gasteiger partial charge >= 0.3 is 0 Å². The van der Waals surface area contributed by atoms with Crippen molar-refractivity contribution in [1.29, 1.82) is 0 Å². The second-order valence-corrected chi connectivity index (χ2v) is 7.14. The molecule has 7 nitrogen and oxygen atoms in total. The van der Waals surface area contributed by atoms with E-state index < -0.39 is 5.92 Å². The molecule has 1 aromatic heterocycles. The topological polar surface area (TPSA) is 87.7 Å². The van der Waals surface area contributed by atoms with Crippen molar-refractivity contribution in [3.63, 3.8) is 0 Å². The van der Waals surface area contributed by atoms with E-state index in [-0.39, 0.29) is 11.9 Å². The van der Waals surface area contributed by atoms with E-state index in [9.17, 15) is 4.79 Å². The molecule has 3 aromatic rings. The summed E-state index contributed by atoms with van der Waals surface area (Å²) in [5.74, 6) is -0.603. The molecule has 1 aliphatic heterocycles. The smallest absolute Gasteiger partial charge is 0.262 e. The van der Waals surface area contributed by atoms with Crippen LogP contribution in [0.3, 0.4) is 0 Å². The molecule has 0 radical (unpaired) electrons. The lowest BCUT2D eigenvalue weighted by Crippen LogP contribution is -2.26. The quantitative estimate of drug-likeness (QED) is 0.743. The van der Waals surface area contributed by atoms with E-state index in [1.54, 1.807) is 0 Å². The average molecular weight is 386 g/mol. The van der Waals surface area contributed by atoms with Gasteiger partial charge in [0.05, 0.1) is 22.8 Å². The number of amides is 1. The van der Waals surface area contributed by atoms with Gasteiger partial charge in [0.1, 0.15) is 5.92 Å². The van der Waals surface area contributed by atoms with Gasteiger partial charge in [0.15, 0.2) is 0 Å². The van der Waals surface area contributed by atoms with Crippen LogP contribution < -0.4 is 15.6 Å². The monoisotopic (exact) mass is 386 g/mol. The van der Waals surface area contributed by atoms with Crippen molar-refractivity contribution in [2.45, 2.75) is 12.8 Å². The van der Waals surface area contributed by atoms with Crippen molar-refractivity contribution < 1.29 is 4.79 Å². The highest BCUT2D eigenvalue weighted by Gasteiger charge is 2.37. The highest BCUT2D eigenvalue weighted by Crippen LogP contribution is 2.31. The summed E-state index contributed by atoms with van der Waals surface area (Å²) in [4.78, 5) is 23.8. The predicted octanol–water partition coefficient (Wildman–Crippen LogP) is 3.30. The first kappa shape index (κ1) is 18.6. The van der Waals surface area contributed by atoms with Crippen molar-refractivity contribution in [2.24, 2.45) is 5.10 Å². The van der Waals surface area contributed by atoms with Crippen LogP contribution in [-0.2, 0) is 4.79 Å². The minimum atomic E-state index is -0.583. The number of nitrogen functional groups attached to an aromatic ring is 1. The fraction of sp³-hybridized carbons (Fsp3) is 0.182. The van der Waals surface area contributed by atoms with E-state index in [0.717, 1.165) is 16.9 Å². The molecule has 146 valence electrons. The van der Waals surface area contributed by atoms with Gasteiger partial charge in [0.2, 0.25) is 5.95 Å². The van der Waals surface area contributed by atoms with Gasteiger partial charge in [-0.2, -0.15) is 10.1 Å². The Morgan fingerprint density at radius 3 is 2.34 bits per heavy atom. The first-order valence-electron chi connectivity index (χ1n) is 9.30. The largest absolute Gasteiger partial charge is 0.378 e. The maximum Gasteiger partial charge on any atom is 0.262 e. The predicted molar refractivity (Wildman–Crippen MR) is 116 cm³/mol. The third kappa shape index (κ3) is 3.54. The molecule has 0 spiro atoms. The molecule has 1 unspecified atom stereocenters. The number of hydrogen-bond donors (Lipinski definition) is 1. The van der Waals surface area contributed by atoms with Crippen LogP contribution in [0.15, 0.2) is 65.8 Å². The third-order valence-electron chi connectivity index (χ3n) is 4.87. The molecule has 2 aromatic carbocycles. The number of carbonyl (C=O) groups is 1. The molecular weight excluding hydrogens is 364 g/mol. The highest BCUT2D eigenvalue weighted by atomic mass is 16.2. The van der Waals surface area contributed by atoms with Gasteiger partial charge < -0.3 is 10.6 Å². The molecule has 2 heterocycles. The van der Waals surface area contributed by atoms with E-state index in [1.807, 2.05) is 86.6 Å². The van der Waals surface area contributed by atoms with E-state index >= 15 is 0 Å². The maximum atomic E-state index is 13.1. The van der Waals surface area contributed by atoms with Crippen LogP contribution in [-0.4, -0.2) is 35.7 Å². The van der Waals surface area contributed by atoms with Gasteiger partial charge in [-0.05, 0) is 37.3 Å². The molecule has 0 bridgehead atoms. The Balaban J connectivity index is 1.69. The zero-order valence-corrected chi connectivity index (χ0v) is 16.6. The summed E-state index contributed by atoms with van der Waals surface area (Å²) < 4.78 is 0. The Morgan fingerprint density at radius 1 is 1.00 bits per heavy atom. The van der Waals surface area contributed by atoms with Crippen LogP contribution >= 0.6 is 0 Å². The summed E-state index contributed by atoms with van der Waals surface area (Å²) in [6, 6.07) is 19.2. The standard InChI is InChI=1S/C22H22N6O/c1-14-20(21(29)28(26-14)17-7-5-4-6-8-17)19-13-18(24-22(23)25-19)15-9-11-16(12-10-15)27(2)3/h4-13,20H,1-3H3,(H2,23,24,25). The van der Waals surface area contributed by atoms with Crippen LogP contribution in [0.1, 0.15) is 18.5 Å². The van der Waals surface area contributed by atoms with Crippen molar-refractivity contribution in [2.75, 3.05) is 29.7 Å². The molecule has 7 heteroatoms. The highest BCUT2D eigenvalue weighted by molar-refractivity contribution is 6.18. The number of nitrogens with zero attached hydrogens (tertiary/aromatic N) is 5. The first-order valence-corrected chi connectivity index (χ1v) is 9.30. The maximum absolute atomic E-state index is 13.1. The van der Waals surface area contributed by atoms with Crippen molar-refractivity contribution >= 4 is 28.9 Å². The lowest BCUT2D eigenvalue weighted by Gasteiger charge is -2.15. The molecule has 0 saturated carbocycles. The SMILES string of the molecule is CC1=NN(c2ccccc2)C(=O)C1c1cc(-c2ccc(N(C)C)cc2)nc(N)n1. The summed E-state index contributed by atoms with van der Waals surface area (Å²) >= 11 is 0. The molecule has 29 heavy (non-hydrogen) atoms. The summed E-state index contributed by atoms with van der Waals surface area (Å²) in [6.45, 7) is 1.83. The Bertz CT molecular complexity index is 1080. The summed E-state index contributed by atoms with van der Waals surface area (Å²) in [5, 5.41) is 5.87. The van der Waals surface area contributed by atoms with Crippen LogP contribution in [0.5, 0.6) is 0 Å². The molecule has 0 aliphatic carbocycles. The number of hydrazone groups is 1. The zero-order chi connectivity index (χ0) is 20.5. The molecule has 2 N–H and O–H groups in total. The molecule has 0 saturated heterocycles. The lowest BCUT2D eigenvalue weighted by molar-refractivity contribution is -0.118. The van der Waals surface area contributed by atoms with Crippen LogP contribution in [0.4, 0.5) is 17.3 Å². The van der Waals surface area contributed by atoms with Crippen LogP contribution in [0.2, 0.25) is 0 Å². The van der Waals surface area contributed by atoms with Gasteiger partial charge in [0.25, 0.3) is 5.91 Å². The summed E-state index contributed by atoms with van der Waals surface area (Å²) in [6.07, 6.45) is 0. The van der Waals surface area contributed by atoms with E-state index in [0.29, 0.717) is 17.1 Å². The molecule has 1 aliphatic rings. The fourth-order valence-electron chi connectivity index (χ4n) is 3.37. The number of anilines is 3. The number of benzene rings is 2. The van der Waals surface area contributed by atoms with Crippen LogP contribution in [0.25, 0.3) is 11.3 Å². The van der Waals surface area contributed by atoms with Crippen molar-refractivity contribution in [3.05, 3.63) is 66.4 Å². The normalized spacial score (nSPS) is 16.1. The summed E-state index contributed by atoms with van der Waals surface area (Å²) in [5.41, 5.74) is 10.6. The number of rotatable bonds is 4. The first-order chi connectivity index (χ1) is 13.9. The minimum absolute atomic E-state index is 0.132. The molecule has 1 amide bonds. The summed E-state index contributed by atoms with van der Waals surface area (Å²) in [7, 11) is 3.98. The van der Waals surface area contributed by atoms with Crippen LogP contribution in [0, 0.1) is 0 Å². The lowest BCUT2D eigenvalue weighted by atomic mass is 9.98. The Hall–Kier alpha value is -3.74. The van der Waals surface area contributed by atoms with Gasteiger partial charge in [-0.3, -0.25) is 4.79 Å².